The van der Waals surface area contributed by atoms with E-state index in [1.54, 1.807) is 18.3 Å². The van der Waals surface area contributed by atoms with Crippen molar-refractivity contribution in [3.63, 3.8) is 0 Å². The minimum absolute atomic E-state index is 0.118. The maximum Gasteiger partial charge on any atom is 0.168 e. The number of nitrogens with one attached hydrogen (secondary N) is 1. The molecule has 0 radical (unpaired) electrons. The molecule has 0 unspecified atom stereocenters. The summed E-state index contributed by atoms with van der Waals surface area (Å²) in [5.74, 6) is -0.414. The number of amidine groups is 1. The molecule has 8 nitrogen and oxygen atoms in total. The highest BCUT2D eigenvalue weighted by atomic mass is 19.1. The Labute approximate surface area is 228 Å². The van der Waals surface area contributed by atoms with Crippen LogP contribution in [0.3, 0.4) is 0 Å². The van der Waals surface area contributed by atoms with Crippen LogP contribution in [0.1, 0.15) is 42.7 Å². The lowest BCUT2D eigenvalue weighted by Gasteiger charge is -2.37. The summed E-state index contributed by atoms with van der Waals surface area (Å²) in [6.45, 7) is 10.1. The van der Waals surface area contributed by atoms with Crippen LogP contribution in [-0.4, -0.2) is 72.1 Å². The summed E-state index contributed by atoms with van der Waals surface area (Å²) in [5.41, 5.74) is 9.66. The van der Waals surface area contributed by atoms with Crippen molar-refractivity contribution in [1.29, 1.82) is 0 Å². The van der Waals surface area contributed by atoms with Crippen LogP contribution in [0.4, 0.5) is 20.3 Å². The monoisotopic (exact) mass is 534 g/mol. The van der Waals surface area contributed by atoms with Gasteiger partial charge in [-0.25, -0.2) is 13.8 Å². The summed E-state index contributed by atoms with van der Waals surface area (Å²) >= 11 is 0. The number of nitrogens with two attached hydrogens (primary N) is 1. The fraction of sp³-hybridized carbons (Fsp3) is 0.379. The number of halogens is 2. The van der Waals surface area contributed by atoms with E-state index in [0.29, 0.717) is 23.3 Å². The third kappa shape index (κ3) is 7.14. The Morgan fingerprint density at radius 1 is 1.23 bits per heavy atom. The zero-order valence-corrected chi connectivity index (χ0v) is 22.6. The summed E-state index contributed by atoms with van der Waals surface area (Å²) in [7, 11) is 4.23. The van der Waals surface area contributed by atoms with Crippen molar-refractivity contribution >= 4 is 24.1 Å². The molecule has 2 fully saturated rings. The third-order valence-corrected chi connectivity index (χ3v) is 7.10. The van der Waals surface area contributed by atoms with Crippen LogP contribution in [0.15, 0.2) is 70.8 Å². The van der Waals surface area contributed by atoms with Crippen LogP contribution >= 0.6 is 0 Å². The normalized spacial score (nSPS) is 17.4. The first-order chi connectivity index (χ1) is 18.8. The van der Waals surface area contributed by atoms with E-state index in [-0.39, 0.29) is 12.4 Å². The summed E-state index contributed by atoms with van der Waals surface area (Å²) in [6, 6.07) is 1.08. The largest absolute Gasteiger partial charge is 0.405 e. The van der Waals surface area contributed by atoms with E-state index in [0.717, 1.165) is 73.6 Å². The van der Waals surface area contributed by atoms with Crippen molar-refractivity contribution in [1.82, 2.24) is 19.8 Å². The topological polar surface area (TPSA) is 95.0 Å². The molecule has 10 heteroatoms. The molecule has 2 aromatic rings. The Bertz CT molecular complexity index is 1290. The summed E-state index contributed by atoms with van der Waals surface area (Å²) in [6.07, 6.45) is 13.7. The van der Waals surface area contributed by atoms with Crippen LogP contribution in [0.25, 0.3) is 0 Å². The highest BCUT2D eigenvalue weighted by Gasteiger charge is 2.32. The van der Waals surface area contributed by atoms with Gasteiger partial charge in [-0.2, -0.15) is 0 Å². The number of nitrogens with zero attached hydrogens (tertiary/aromatic N) is 6. The number of pyridine rings is 2. The molecule has 0 atom stereocenters. The molecule has 1 saturated heterocycles. The van der Waals surface area contributed by atoms with E-state index in [2.05, 4.69) is 57.5 Å². The minimum Gasteiger partial charge on any atom is -0.405 e. The molecule has 0 amide bonds. The fourth-order valence-electron chi connectivity index (χ4n) is 4.81. The van der Waals surface area contributed by atoms with E-state index < -0.39 is 11.6 Å². The molecule has 2 aromatic heterocycles. The van der Waals surface area contributed by atoms with Crippen LogP contribution in [0.5, 0.6) is 0 Å². The van der Waals surface area contributed by atoms with E-state index >= 15 is 0 Å². The molecule has 2 aliphatic rings. The van der Waals surface area contributed by atoms with Crippen LogP contribution in [0, 0.1) is 11.6 Å². The average molecular weight is 535 g/mol. The number of anilines is 1. The lowest BCUT2D eigenvalue weighted by Crippen LogP contribution is -2.45. The van der Waals surface area contributed by atoms with Gasteiger partial charge in [-0.1, -0.05) is 6.58 Å². The van der Waals surface area contributed by atoms with Crippen molar-refractivity contribution in [2.24, 2.45) is 15.7 Å². The summed E-state index contributed by atoms with van der Waals surface area (Å²) < 4.78 is 27.3. The number of hydrogen-bond acceptors (Lipinski definition) is 7. The predicted octanol–water partition coefficient (Wildman–Crippen LogP) is 4.76. The Hall–Kier alpha value is -3.92. The molecule has 4 rings (SSSR count). The predicted molar refractivity (Wildman–Crippen MR) is 153 cm³/mol. The summed E-state index contributed by atoms with van der Waals surface area (Å²) in [5, 5.41) is 2.78. The first kappa shape index (κ1) is 28.1. The average Bonchev–Trinajstić information content (AvgIpc) is 3.76. The third-order valence-electron chi connectivity index (χ3n) is 7.10. The number of allylic oxidation sites excluding steroid dienone is 1. The first-order valence-corrected chi connectivity index (χ1v) is 13.1. The zero-order valence-electron chi connectivity index (χ0n) is 22.6. The van der Waals surface area contributed by atoms with Gasteiger partial charge < -0.3 is 20.9 Å². The van der Waals surface area contributed by atoms with Crippen LogP contribution in [0.2, 0.25) is 0 Å². The van der Waals surface area contributed by atoms with Gasteiger partial charge in [0.05, 0.1) is 24.6 Å². The number of piperidine rings is 1. The molecule has 1 aliphatic carbocycles. The number of rotatable bonds is 10. The first-order valence-electron chi connectivity index (χ1n) is 13.1. The molecular formula is C29H36F2N8. The van der Waals surface area contributed by atoms with Crippen molar-refractivity contribution in [3.05, 3.63) is 83.6 Å². The van der Waals surface area contributed by atoms with Crippen LogP contribution < -0.4 is 11.1 Å². The van der Waals surface area contributed by atoms with Gasteiger partial charge in [-0.05, 0) is 87.9 Å². The second-order valence-corrected chi connectivity index (χ2v) is 10.1. The smallest absolute Gasteiger partial charge is 0.168 e. The number of hydrogen-bond donors (Lipinski definition) is 2. The van der Waals surface area contributed by atoms with Gasteiger partial charge in [0, 0.05) is 36.6 Å². The minimum atomic E-state index is -0.810. The van der Waals surface area contributed by atoms with E-state index in [4.69, 9.17) is 10.7 Å². The Morgan fingerprint density at radius 2 is 1.97 bits per heavy atom. The Morgan fingerprint density at radius 3 is 2.62 bits per heavy atom. The van der Waals surface area contributed by atoms with E-state index in [9.17, 15) is 8.78 Å². The van der Waals surface area contributed by atoms with Gasteiger partial charge in [0.1, 0.15) is 11.7 Å². The molecule has 39 heavy (non-hydrogen) atoms. The summed E-state index contributed by atoms with van der Waals surface area (Å²) in [4.78, 5) is 22.2. The molecule has 0 bridgehead atoms. The molecular weight excluding hydrogens is 498 g/mol. The number of likely N-dealkylation sites (tertiary alicyclic amines) is 1. The fourth-order valence-corrected chi connectivity index (χ4v) is 4.81. The number of aromatic nitrogens is 2. The van der Waals surface area contributed by atoms with Crippen molar-refractivity contribution in [2.45, 2.75) is 37.6 Å². The van der Waals surface area contributed by atoms with Crippen LogP contribution in [-0.2, 0) is 0 Å². The molecule has 1 saturated carbocycles. The van der Waals surface area contributed by atoms with Gasteiger partial charge in [-0.3, -0.25) is 15.0 Å². The SMILES string of the molecule is C=Nc1cncc(C2CC2)c1/C(=N\CC(/C=C\N)=C/C(=C)Nc1ncc(F)cc1F)N(C)C1CCN(C)CC1. The second kappa shape index (κ2) is 12.8. The maximum absolute atomic E-state index is 14.1. The number of aliphatic imine (C=N–C) groups is 2. The van der Waals surface area contributed by atoms with Gasteiger partial charge >= 0.3 is 0 Å². The lowest BCUT2D eigenvalue weighted by atomic mass is 9.99. The van der Waals surface area contributed by atoms with Gasteiger partial charge in [0.15, 0.2) is 11.6 Å². The van der Waals surface area contributed by atoms with Gasteiger partial charge in [0.25, 0.3) is 0 Å². The molecule has 0 spiro atoms. The zero-order chi connectivity index (χ0) is 27.9. The van der Waals surface area contributed by atoms with E-state index in [1.807, 2.05) is 6.20 Å². The van der Waals surface area contributed by atoms with Gasteiger partial charge in [-0.15, -0.1) is 0 Å². The molecule has 3 N–H and O–H groups in total. The van der Waals surface area contributed by atoms with E-state index in [1.165, 1.54) is 6.20 Å². The van der Waals surface area contributed by atoms with Crippen molar-refractivity contribution in [2.75, 3.05) is 39.0 Å². The highest BCUT2D eigenvalue weighted by molar-refractivity contribution is 6.04. The second-order valence-electron chi connectivity index (χ2n) is 10.1. The molecule has 3 heterocycles. The van der Waals surface area contributed by atoms with Crippen molar-refractivity contribution in [3.8, 4) is 0 Å². The Kier molecular flexibility index (Phi) is 9.19. The lowest BCUT2D eigenvalue weighted by molar-refractivity contribution is 0.192. The Balaban J connectivity index is 1.67. The van der Waals surface area contributed by atoms with Crippen molar-refractivity contribution < 1.29 is 8.78 Å². The van der Waals surface area contributed by atoms with Gasteiger partial charge in [0.2, 0.25) is 0 Å². The molecule has 1 aliphatic heterocycles. The molecule has 206 valence electrons. The molecule has 0 aromatic carbocycles. The quantitative estimate of drug-likeness (QED) is 0.259. The standard InChI is InChI=1S/C29H36F2N8/c1-19(37-28-25(31)14-22(30)16-35-28)13-20(7-10-32)15-36-29(39(4)23-8-11-38(3)12-9-23)27-24(21-5-6-21)17-34-18-26(27)33-2/h7,10,13-14,16-18,21,23H,1-2,5-6,8-9,11-12,15,32H2,3-4H3,(H,35,37)/b10-7-,20-13+,36-29+. The highest BCUT2D eigenvalue weighted by Crippen LogP contribution is 2.44. The maximum atomic E-state index is 14.1.